The molecule has 1 saturated heterocycles. The van der Waals surface area contributed by atoms with E-state index in [-0.39, 0.29) is 0 Å². The van der Waals surface area contributed by atoms with E-state index in [2.05, 4.69) is 53.2 Å². The van der Waals surface area contributed by atoms with Crippen molar-refractivity contribution in [1.29, 1.82) is 0 Å². The molecule has 0 atom stereocenters. The number of fused-ring (bicyclic) bond motifs is 1. The van der Waals surface area contributed by atoms with Crippen LogP contribution in [0.25, 0.3) is 10.8 Å². The lowest BCUT2D eigenvalue weighted by Crippen LogP contribution is -2.43. The van der Waals surface area contributed by atoms with Crippen LogP contribution in [-0.2, 0) is 16.1 Å². The van der Waals surface area contributed by atoms with Gasteiger partial charge in [0.2, 0.25) is 0 Å². The Kier molecular flexibility index (Phi) is 6.94. The van der Waals surface area contributed by atoms with Crippen LogP contribution >= 0.6 is 0 Å². The van der Waals surface area contributed by atoms with E-state index in [1.165, 1.54) is 16.3 Å². The molecular weight excluding hydrogens is 336 g/mol. The van der Waals surface area contributed by atoms with Crippen LogP contribution in [0.2, 0.25) is 0 Å². The highest BCUT2D eigenvalue weighted by molar-refractivity contribution is 6.27. The monoisotopic (exact) mass is 360 g/mol. The molecule has 0 aromatic heterocycles. The average molecular weight is 360 g/mol. The van der Waals surface area contributed by atoms with Gasteiger partial charge in [0.15, 0.2) is 0 Å². The highest BCUT2D eigenvalue weighted by Crippen LogP contribution is 2.29. The molecule has 0 aliphatic carbocycles. The second-order valence-electron chi connectivity index (χ2n) is 6.16. The normalized spacial score (nSPS) is 15.2. The quantitative estimate of drug-likeness (QED) is 0.806. The third kappa shape index (κ3) is 5.18. The van der Waals surface area contributed by atoms with Crippen molar-refractivity contribution in [2.75, 3.05) is 40.3 Å². The summed E-state index contributed by atoms with van der Waals surface area (Å²) in [6.07, 6.45) is 0. The summed E-state index contributed by atoms with van der Waals surface area (Å²) in [4.78, 5) is 23.1. The highest BCUT2D eigenvalue weighted by atomic mass is 16.5. The van der Waals surface area contributed by atoms with Crippen LogP contribution in [0, 0.1) is 0 Å². The van der Waals surface area contributed by atoms with Crippen molar-refractivity contribution < 1.29 is 24.5 Å². The van der Waals surface area contributed by atoms with Gasteiger partial charge in [0.1, 0.15) is 5.75 Å². The smallest absolute Gasteiger partial charge is 0.414 e. The topological polar surface area (TPSA) is 90.3 Å². The Balaban J connectivity index is 0.000000352. The van der Waals surface area contributed by atoms with Crippen molar-refractivity contribution in [3.8, 4) is 5.75 Å². The van der Waals surface area contributed by atoms with Gasteiger partial charge >= 0.3 is 11.9 Å². The van der Waals surface area contributed by atoms with Crippen molar-refractivity contribution in [2.45, 2.75) is 6.54 Å². The fourth-order valence-corrected chi connectivity index (χ4v) is 2.90. The number of likely N-dealkylation sites (N-methyl/N-ethyl adjacent to an activating group) is 1. The van der Waals surface area contributed by atoms with Gasteiger partial charge in [-0.05, 0) is 23.9 Å². The number of rotatable bonds is 3. The third-order valence-corrected chi connectivity index (χ3v) is 4.38. The number of carbonyl (C=O) groups is 2. The first-order valence-corrected chi connectivity index (χ1v) is 8.34. The van der Waals surface area contributed by atoms with Gasteiger partial charge < -0.3 is 19.8 Å². The Labute approximate surface area is 152 Å². The van der Waals surface area contributed by atoms with Crippen LogP contribution in [0.3, 0.4) is 0 Å². The molecule has 1 aliphatic heterocycles. The van der Waals surface area contributed by atoms with Crippen LogP contribution in [0.1, 0.15) is 5.56 Å². The van der Waals surface area contributed by atoms with Gasteiger partial charge in [0, 0.05) is 38.3 Å². The number of benzene rings is 2. The lowest BCUT2D eigenvalue weighted by Gasteiger charge is -2.32. The van der Waals surface area contributed by atoms with Crippen LogP contribution in [0.4, 0.5) is 0 Å². The van der Waals surface area contributed by atoms with Gasteiger partial charge in [-0.25, -0.2) is 9.59 Å². The Morgan fingerprint density at radius 3 is 2.19 bits per heavy atom. The molecule has 0 saturated carbocycles. The number of ether oxygens (including phenoxy) is 1. The molecule has 3 rings (SSSR count). The molecule has 2 N–H and O–H groups in total. The Hall–Kier alpha value is -2.64. The van der Waals surface area contributed by atoms with Crippen molar-refractivity contribution in [3.63, 3.8) is 0 Å². The van der Waals surface area contributed by atoms with Gasteiger partial charge in [-0.2, -0.15) is 0 Å². The van der Waals surface area contributed by atoms with Crippen LogP contribution < -0.4 is 4.74 Å². The number of aliphatic carboxylic acids is 2. The first kappa shape index (κ1) is 19.7. The minimum Gasteiger partial charge on any atom is -0.496 e. The lowest BCUT2D eigenvalue weighted by molar-refractivity contribution is -0.159. The molecule has 2 aromatic rings. The molecule has 26 heavy (non-hydrogen) atoms. The summed E-state index contributed by atoms with van der Waals surface area (Å²) in [5.74, 6) is -2.65. The van der Waals surface area contributed by atoms with E-state index in [4.69, 9.17) is 24.5 Å². The minimum atomic E-state index is -1.82. The predicted octanol–water partition coefficient (Wildman–Crippen LogP) is 1.75. The second kappa shape index (κ2) is 9.17. The molecule has 1 aliphatic rings. The number of methoxy groups -OCH3 is 1. The van der Waals surface area contributed by atoms with Crippen molar-refractivity contribution in [1.82, 2.24) is 9.80 Å². The summed E-state index contributed by atoms with van der Waals surface area (Å²) in [6.45, 7) is 5.52. The molecule has 0 amide bonds. The van der Waals surface area contributed by atoms with Gasteiger partial charge in [0.25, 0.3) is 0 Å². The Bertz CT molecular complexity index is 758. The molecule has 1 fully saturated rings. The van der Waals surface area contributed by atoms with Crippen LogP contribution in [-0.4, -0.2) is 72.3 Å². The summed E-state index contributed by atoms with van der Waals surface area (Å²) >= 11 is 0. The van der Waals surface area contributed by atoms with Gasteiger partial charge in [0.05, 0.1) is 7.11 Å². The van der Waals surface area contributed by atoms with Gasteiger partial charge in [-0.1, -0.05) is 30.3 Å². The predicted molar refractivity (Wildman–Crippen MR) is 98.5 cm³/mol. The molecule has 140 valence electrons. The first-order chi connectivity index (χ1) is 12.4. The van der Waals surface area contributed by atoms with E-state index in [0.29, 0.717) is 0 Å². The summed E-state index contributed by atoms with van der Waals surface area (Å²) < 4.78 is 5.58. The zero-order valence-electron chi connectivity index (χ0n) is 15.0. The molecule has 0 unspecified atom stereocenters. The highest BCUT2D eigenvalue weighted by Gasteiger charge is 2.17. The Morgan fingerprint density at radius 2 is 1.62 bits per heavy atom. The number of piperazine rings is 1. The molecule has 7 heteroatoms. The number of hydrogen-bond acceptors (Lipinski definition) is 5. The zero-order valence-corrected chi connectivity index (χ0v) is 15.0. The Morgan fingerprint density at radius 1 is 1.00 bits per heavy atom. The van der Waals surface area contributed by atoms with Gasteiger partial charge in [-0.15, -0.1) is 0 Å². The molecule has 1 heterocycles. The molecule has 0 bridgehead atoms. The lowest BCUT2D eigenvalue weighted by atomic mass is 10.0. The average Bonchev–Trinajstić information content (AvgIpc) is 2.64. The van der Waals surface area contributed by atoms with E-state index in [0.717, 1.165) is 38.5 Å². The van der Waals surface area contributed by atoms with E-state index in [1.54, 1.807) is 7.11 Å². The number of carboxylic acid groups (broad SMARTS) is 2. The number of nitrogens with zero attached hydrogens (tertiary/aromatic N) is 2. The largest absolute Gasteiger partial charge is 0.496 e. The molecule has 7 nitrogen and oxygen atoms in total. The van der Waals surface area contributed by atoms with Crippen molar-refractivity contribution in [2.24, 2.45) is 0 Å². The maximum absolute atomic E-state index is 9.10. The maximum atomic E-state index is 9.10. The summed E-state index contributed by atoms with van der Waals surface area (Å²) in [7, 11) is 3.95. The molecule has 0 spiro atoms. The van der Waals surface area contributed by atoms with Crippen molar-refractivity contribution in [3.05, 3.63) is 42.0 Å². The van der Waals surface area contributed by atoms with E-state index in [9.17, 15) is 0 Å². The first-order valence-electron chi connectivity index (χ1n) is 8.34. The fraction of sp³-hybridized carbons (Fsp3) is 0.368. The fourth-order valence-electron chi connectivity index (χ4n) is 2.90. The molecule has 0 radical (unpaired) electrons. The zero-order chi connectivity index (χ0) is 19.1. The van der Waals surface area contributed by atoms with Crippen molar-refractivity contribution >= 4 is 22.7 Å². The van der Waals surface area contributed by atoms with E-state index in [1.807, 2.05) is 0 Å². The van der Waals surface area contributed by atoms with Gasteiger partial charge in [-0.3, -0.25) is 4.90 Å². The minimum absolute atomic E-state index is 0.971. The SMILES string of the molecule is COc1ccc2ccccc2c1CN1CCN(C)CC1.O=C(O)C(=O)O. The number of hydrogen-bond donors (Lipinski definition) is 2. The maximum Gasteiger partial charge on any atom is 0.414 e. The van der Waals surface area contributed by atoms with E-state index < -0.39 is 11.9 Å². The van der Waals surface area contributed by atoms with Crippen LogP contribution in [0.5, 0.6) is 5.75 Å². The standard InChI is InChI=1S/C17H22N2O.C2H2O4/c1-18-9-11-19(12-10-18)13-16-15-6-4-3-5-14(15)7-8-17(16)20-2;3-1(4)2(5)6/h3-8H,9-13H2,1-2H3;(H,3,4)(H,5,6). The summed E-state index contributed by atoms with van der Waals surface area (Å²) in [5.41, 5.74) is 1.31. The second-order valence-corrected chi connectivity index (χ2v) is 6.16. The van der Waals surface area contributed by atoms with E-state index >= 15 is 0 Å². The van der Waals surface area contributed by atoms with Crippen LogP contribution in [0.15, 0.2) is 36.4 Å². The molecular formula is C19H24N2O5. The summed E-state index contributed by atoms with van der Waals surface area (Å²) in [6, 6.07) is 12.8. The number of carboxylic acids is 2. The molecule has 2 aromatic carbocycles. The summed E-state index contributed by atoms with van der Waals surface area (Å²) in [5, 5.41) is 17.4. The third-order valence-electron chi connectivity index (χ3n) is 4.38.